The van der Waals surface area contributed by atoms with Crippen LogP contribution in [0, 0.1) is 0 Å². The van der Waals surface area contributed by atoms with E-state index in [2.05, 4.69) is 25.4 Å². The van der Waals surface area contributed by atoms with Crippen molar-refractivity contribution in [1.82, 2.24) is 20.1 Å². The van der Waals surface area contributed by atoms with Crippen LogP contribution in [0.25, 0.3) is 11.0 Å². The third-order valence-electron chi connectivity index (χ3n) is 4.30. The molecule has 7 nitrogen and oxygen atoms in total. The van der Waals surface area contributed by atoms with Crippen LogP contribution < -0.4 is 10.1 Å². The molecule has 2 aromatic rings. The minimum Gasteiger partial charge on any atom is -0.493 e. The molecule has 122 valence electrons. The van der Waals surface area contributed by atoms with E-state index in [1.807, 2.05) is 12.1 Å². The van der Waals surface area contributed by atoms with E-state index in [0.717, 1.165) is 75.6 Å². The van der Waals surface area contributed by atoms with E-state index in [1.54, 1.807) is 0 Å². The smallest absolute Gasteiger partial charge is 0.243 e. The first-order valence-corrected chi connectivity index (χ1v) is 8.23. The van der Waals surface area contributed by atoms with Gasteiger partial charge in [0.2, 0.25) is 5.95 Å². The van der Waals surface area contributed by atoms with Crippen molar-refractivity contribution in [3.63, 3.8) is 0 Å². The zero-order chi connectivity index (χ0) is 15.5. The molecule has 3 heterocycles. The van der Waals surface area contributed by atoms with E-state index in [1.165, 1.54) is 5.56 Å². The van der Waals surface area contributed by atoms with Crippen LogP contribution in [-0.2, 0) is 11.2 Å². The maximum atomic E-state index is 5.59. The second kappa shape index (κ2) is 6.64. The molecular formula is C16H21N5O2. The van der Waals surface area contributed by atoms with Crippen LogP contribution in [0.2, 0.25) is 0 Å². The summed E-state index contributed by atoms with van der Waals surface area (Å²) in [6, 6.07) is 3.99. The van der Waals surface area contributed by atoms with Gasteiger partial charge in [-0.3, -0.25) is 4.90 Å². The summed E-state index contributed by atoms with van der Waals surface area (Å²) in [5, 5.41) is 11.7. The van der Waals surface area contributed by atoms with Crippen LogP contribution in [0.15, 0.2) is 12.1 Å². The van der Waals surface area contributed by atoms with Gasteiger partial charge in [-0.05, 0) is 24.6 Å². The SMILES string of the molecule is c1c2c(cc3nc(NCCCN4CCOCC4)nnc13)OCC2. The first-order valence-electron chi connectivity index (χ1n) is 8.23. The number of hydrogen-bond donors (Lipinski definition) is 1. The third kappa shape index (κ3) is 3.35. The minimum absolute atomic E-state index is 0.581. The molecule has 0 saturated carbocycles. The molecule has 4 rings (SSSR count). The number of nitrogens with zero attached hydrogens (tertiary/aromatic N) is 4. The lowest BCUT2D eigenvalue weighted by atomic mass is 10.1. The Bertz CT molecular complexity index is 687. The summed E-state index contributed by atoms with van der Waals surface area (Å²) in [7, 11) is 0. The van der Waals surface area contributed by atoms with Gasteiger partial charge in [0.25, 0.3) is 0 Å². The lowest BCUT2D eigenvalue weighted by molar-refractivity contribution is 0.0378. The largest absolute Gasteiger partial charge is 0.493 e. The number of aromatic nitrogens is 3. The molecule has 7 heteroatoms. The van der Waals surface area contributed by atoms with Crippen molar-refractivity contribution < 1.29 is 9.47 Å². The number of fused-ring (bicyclic) bond motifs is 2. The molecule has 2 aliphatic heterocycles. The second-order valence-corrected chi connectivity index (χ2v) is 5.92. The molecule has 0 amide bonds. The maximum absolute atomic E-state index is 5.59. The summed E-state index contributed by atoms with van der Waals surface area (Å²) in [5.74, 6) is 1.51. The van der Waals surface area contributed by atoms with Gasteiger partial charge in [0.05, 0.1) is 25.3 Å². The first kappa shape index (κ1) is 14.6. The van der Waals surface area contributed by atoms with E-state index in [0.29, 0.717) is 5.95 Å². The fourth-order valence-corrected chi connectivity index (χ4v) is 3.01. The highest BCUT2D eigenvalue weighted by Gasteiger charge is 2.14. The number of benzene rings is 1. The predicted octanol–water partition coefficient (Wildman–Crippen LogP) is 1.09. The highest BCUT2D eigenvalue weighted by molar-refractivity contribution is 5.78. The molecule has 1 aromatic carbocycles. The summed E-state index contributed by atoms with van der Waals surface area (Å²) in [4.78, 5) is 6.96. The Kier molecular flexibility index (Phi) is 4.21. The molecule has 1 saturated heterocycles. The van der Waals surface area contributed by atoms with E-state index in [9.17, 15) is 0 Å². The molecular weight excluding hydrogens is 294 g/mol. The highest BCUT2D eigenvalue weighted by Crippen LogP contribution is 2.28. The minimum atomic E-state index is 0.581. The van der Waals surface area contributed by atoms with Gasteiger partial charge in [0.1, 0.15) is 11.3 Å². The summed E-state index contributed by atoms with van der Waals surface area (Å²) in [6.07, 6.45) is 1.99. The lowest BCUT2D eigenvalue weighted by Gasteiger charge is -2.26. The van der Waals surface area contributed by atoms with Gasteiger partial charge in [-0.1, -0.05) is 0 Å². The van der Waals surface area contributed by atoms with Crippen molar-refractivity contribution in [2.24, 2.45) is 0 Å². The molecule has 0 bridgehead atoms. The zero-order valence-corrected chi connectivity index (χ0v) is 13.1. The molecule has 0 unspecified atom stereocenters. The highest BCUT2D eigenvalue weighted by atomic mass is 16.5. The van der Waals surface area contributed by atoms with E-state index in [-0.39, 0.29) is 0 Å². The van der Waals surface area contributed by atoms with Gasteiger partial charge in [0, 0.05) is 32.1 Å². The van der Waals surface area contributed by atoms with Crippen molar-refractivity contribution in [3.05, 3.63) is 17.7 Å². The molecule has 0 spiro atoms. The molecule has 2 aliphatic rings. The van der Waals surface area contributed by atoms with Crippen LogP contribution in [0.3, 0.4) is 0 Å². The average molecular weight is 315 g/mol. The standard InChI is InChI=1S/C16H21N5O2/c1(4-21-5-8-22-9-6-21)3-17-16-18-13-11-15-12(2-7-23-15)10-14(13)19-20-16/h10-11H,1-9H2,(H,17,18,20). The second-order valence-electron chi connectivity index (χ2n) is 5.92. The Morgan fingerprint density at radius 2 is 2.00 bits per heavy atom. The van der Waals surface area contributed by atoms with E-state index >= 15 is 0 Å². The summed E-state index contributed by atoms with van der Waals surface area (Å²) >= 11 is 0. The van der Waals surface area contributed by atoms with E-state index < -0.39 is 0 Å². The molecule has 1 aromatic heterocycles. The Hall–Kier alpha value is -1.99. The summed E-state index contributed by atoms with van der Waals surface area (Å²) in [5.41, 5.74) is 2.85. The van der Waals surface area contributed by atoms with E-state index in [4.69, 9.17) is 9.47 Å². The number of anilines is 1. The van der Waals surface area contributed by atoms with Crippen LogP contribution in [0.4, 0.5) is 5.95 Å². The number of nitrogens with one attached hydrogen (secondary N) is 1. The number of ether oxygens (including phenoxy) is 2. The zero-order valence-electron chi connectivity index (χ0n) is 13.1. The van der Waals surface area contributed by atoms with Crippen LogP contribution in [0.5, 0.6) is 5.75 Å². The normalized spacial score (nSPS) is 17.9. The summed E-state index contributed by atoms with van der Waals surface area (Å²) in [6.45, 7) is 6.39. The summed E-state index contributed by atoms with van der Waals surface area (Å²) < 4.78 is 10.9. The van der Waals surface area contributed by atoms with Crippen LogP contribution in [0.1, 0.15) is 12.0 Å². The van der Waals surface area contributed by atoms with Crippen molar-refractivity contribution in [1.29, 1.82) is 0 Å². The quantitative estimate of drug-likeness (QED) is 0.828. The Labute approximate surface area is 135 Å². The van der Waals surface area contributed by atoms with Gasteiger partial charge in [-0.15, -0.1) is 10.2 Å². The van der Waals surface area contributed by atoms with Crippen LogP contribution >= 0.6 is 0 Å². The molecule has 1 N–H and O–H groups in total. The van der Waals surface area contributed by atoms with Crippen LogP contribution in [-0.4, -0.2) is 66.1 Å². The molecule has 1 fully saturated rings. The van der Waals surface area contributed by atoms with Crippen molar-refractivity contribution in [2.75, 3.05) is 51.3 Å². The lowest BCUT2D eigenvalue weighted by Crippen LogP contribution is -2.37. The molecule has 23 heavy (non-hydrogen) atoms. The number of hydrogen-bond acceptors (Lipinski definition) is 7. The molecule has 0 atom stereocenters. The van der Waals surface area contributed by atoms with Crippen molar-refractivity contribution in [2.45, 2.75) is 12.8 Å². The van der Waals surface area contributed by atoms with Crippen molar-refractivity contribution >= 4 is 17.0 Å². The maximum Gasteiger partial charge on any atom is 0.243 e. The van der Waals surface area contributed by atoms with Gasteiger partial charge < -0.3 is 14.8 Å². The predicted molar refractivity (Wildman–Crippen MR) is 86.9 cm³/mol. The topological polar surface area (TPSA) is 72.4 Å². The fraction of sp³-hybridized carbons (Fsp3) is 0.562. The average Bonchev–Trinajstić information content (AvgIpc) is 3.05. The third-order valence-corrected chi connectivity index (χ3v) is 4.30. The Morgan fingerprint density at radius 1 is 1.09 bits per heavy atom. The molecule has 0 radical (unpaired) electrons. The Morgan fingerprint density at radius 3 is 2.91 bits per heavy atom. The number of morpholine rings is 1. The van der Waals surface area contributed by atoms with Gasteiger partial charge >= 0.3 is 0 Å². The number of rotatable bonds is 5. The van der Waals surface area contributed by atoms with Gasteiger partial charge in [-0.25, -0.2) is 4.98 Å². The molecule has 0 aliphatic carbocycles. The first-order chi connectivity index (χ1) is 11.4. The monoisotopic (exact) mass is 315 g/mol. The van der Waals surface area contributed by atoms with Gasteiger partial charge in [0.15, 0.2) is 0 Å². The Balaban J connectivity index is 1.34. The van der Waals surface area contributed by atoms with Crippen molar-refractivity contribution in [3.8, 4) is 5.75 Å². The fourth-order valence-electron chi connectivity index (χ4n) is 3.01. The van der Waals surface area contributed by atoms with Gasteiger partial charge in [-0.2, -0.15) is 0 Å².